The number of aryl methyl sites for hydroxylation is 1. The van der Waals surface area contributed by atoms with Gasteiger partial charge in [-0.3, -0.25) is 0 Å². The lowest BCUT2D eigenvalue weighted by atomic mass is 10.1. The number of benzene rings is 1. The number of nitrogen functional groups attached to an aromatic ring is 1. The summed E-state index contributed by atoms with van der Waals surface area (Å²) >= 11 is 3.48. The Bertz CT molecular complexity index is 631. The van der Waals surface area contributed by atoms with E-state index in [1.165, 1.54) is 12.8 Å². The van der Waals surface area contributed by atoms with Crippen LogP contribution in [0.3, 0.4) is 0 Å². The molecular weight excluding hydrogens is 318 g/mol. The van der Waals surface area contributed by atoms with Gasteiger partial charge in [0.25, 0.3) is 0 Å². The van der Waals surface area contributed by atoms with Gasteiger partial charge in [0.15, 0.2) is 0 Å². The number of nitrogens with zero attached hydrogens (tertiary/aromatic N) is 2. The normalized spacial score (nSPS) is 14.4. The minimum atomic E-state index is 0.656. The van der Waals surface area contributed by atoms with E-state index in [2.05, 4.69) is 25.9 Å². The van der Waals surface area contributed by atoms with Crippen LogP contribution in [0.25, 0.3) is 0 Å². The summed E-state index contributed by atoms with van der Waals surface area (Å²) in [5, 5.41) is 0. The minimum Gasteiger partial charge on any atom is -0.437 e. The van der Waals surface area contributed by atoms with Crippen LogP contribution < -0.4 is 10.5 Å². The molecule has 0 amide bonds. The molecule has 0 fully saturated rings. The summed E-state index contributed by atoms with van der Waals surface area (Å²) in [4.78, 5) is 8.70. The summed E-state index contributed by atoms with van der Waals surface area (Å²) in [6.45, 7) is 0. The van der Waals surface area contributed by atoms with Gasteiger partial charge in [-0.05, 0) is 53.7 Å². The molecule has 5 heteroatoms. The summed E-state index contributed by atoms with van der Waals surface area (Å²) in [6.07, 6.45) is 7.15. The Kier molecular flexibility index (Phi) is 3.87. The van der Waals surface area contributed by atoms with Gasteiger partial charge >= 0.3 is 0 Å². The predicted octanol–water partition coefficient (Wildman–Crippen LogP) is 3.88. The molecule has 1 aromatic heterocycles. The smallest absolute Gasteiger partial charge is 0.225 e. The van der Waals surface area contributed by atoms with Gasteiger partial charge in [0.2, 0.25) is 5.88 Å². The van der Waals surface area contributed by atoms with Crippen LogP contribution in [0.15, 0.2) is 29.0 Å². The monoisotopic (exact) mass is 333 g/mol. The molecule has 0 aliphatic heterocycles. The second-order valence-electron chi connectivity index (χ2n) is 4.96. The second kappa shape index (κ2) is 5.79. The number of hydrogen-bond acceptors (Lipinski definition) is 4. The molecule has 20 heavy (non-hydrogen) atoms. The first kappa shape index (κ1) is 13.4. The second-order valence-corrected chi connectivity index (χ2v) is 5.81. The molecule has 0 spiro atoms. The molecule has 0 radical (unpaired) electrons. The average Bonchev–Trinajstić information content (AvgIpc) is 2.69. The number of fused-ring (bicyclic) bond motifs is 1. The SMILES string of the molecule is Nc1ccc(Br)c(Oc2ncnc3c2CCCCC3)c1. The van der Waals surface area contributed by atoms with Crippen molar-refractivity contribution >= 4 is 21.6 Å². The van der Waals surface area contributed by atoms with Gasteiger partial charge < -0.3 is 10.5 Å². The van der Waals surface area contributed by atoms with Crippen LogP contribution in [0.4, 0.5) is 5.69 Å². The van der Waals surface area contributed by atoms with Crippen LogP contribution in [0, 0.1) is 0 Å². The van der Waals surface area contributed by atoms with E-state index in [0.717, 1.165) is 35.0 Å². The zero-order valence-corrected chi connectivity index (χ0v) is 12.7. The van der Waals surface area contributed by atoms with Crippen LogP contribution in [0.2, 0.25) is 0 Å². The highest BCUT2D eigenvalue weighted by Gasteiger charge is 2.16. The van der Waals surface area contributed by atoms with Crippen molar-refractivity contribution in [2.24, 2.45) is 0 Å². The fraction of sp³-hybridized carbons (Fsp3) is 0.333. The molecule has 4 nitrogen and oxygen atoms in total. The Morgan fingerprint density at radius 2 is 1.95 bits per heavy atom. The zero-order chi connectivity index (χ0) is 13.9. The third-order valence-corrected chi connectivity index (χ3v) is 4.15. The number of hydrogen-bond donors (Lipinski definition) is 1. The fourth-order valence-corrected chi connectivity index (χ4v) is 2.79. The van der Waals surface area contributed by atoms with Gasteiger partial charge in [-0.25, -0.2) is 9.97 Å². The van der Waals surface area contributed by atoms with E-state index in [9.17, 15) is 0 Å². The number of anilines is 1. The van der Waals surface area contributed by atoms with Crippen LogP contribution in [-0.2, 0) is 12.8 Å². The van der Waals surface area contributed by atoms with Gasteiger partial charge in [-0.2, -0.15) is 0 Å². The lowest BCUT2D eigenvalue weighted by Crippen LogP contribution is -2.02. The molecule has 104 valence electrons. The number of ether oxygens (including phenoxy) is 1. The van der Waals surface area contributed by atoms with Gasteiger partial charge in [-0.1, -0.05) is 6.42 Å². The van der Waals surface area contributed by atoms with E-state index >= 15 is 0 Å². The van der Waals surface area contributed by atoms with Crippen molar-refractivity contribution in [3.8, 4) is 11.6 Å². The van der Waals surface area contributed by atoms with Crippen molar-refractivity contribution < 1.29 is 4.74 Å². The standard InChI is InChI=1S/C15H16BrN3O/c16-12-7-6-10(17)8-14(12)20-15-11-4-2-1-3-5-13(11)18-9-19-15/h6-9H,1-5,17H2. The van der Waals surface area contributed by atoms with E-state index in [1.54, 1.807) is 12.4 Å². The van der Waals surface area contributed by atoms with Gasteiger partial charge in [0.1, 0.15) is 12.1 Å². The molecule has 0 bridgehead atoms. The van der Waals surface area contributed by atoms with E-state index < -0.39 is 0 Å². The maximum atomic E-state index is 5.97. The highest BCUT2D eigenvalue weighted by atomic mass is 79.9. The molecular formula is C15H16BrN3O. The zero-order valence-electron chi connectivity index (χ0n) is 11.1. The molecule has 0 atom stereocenters. The molecule has 1 aliphatic rings. The van der Waals surface area contributed by atoms with Crippen LogP contribution in [0.5, 0.6) is 11.6 Å². The molecule has 2 N–H and O–H groups in total. The maximum absolute atomic E-state index is 5.97. The molecule has 1 aromatic carbocycles. The van der Waals surface area contributed by atoms with Crippen molar-refractivity contribution in [1.29, 1.82) is 0 Å². The van der Waals surface area contributed by atoms with Crippen molar-refractivity contribution in [3.05, 3.63) is 40.3 Å². The Balaban J connectivity index is 1.96. The van der Waals surface area contributed by atoms with Gasteiger partial charge in [0.05, 0.1) is 10.2 Å². The molecule has 0 saturated carbocycles. The molecule has 2 aromatic rings. The van der Waals surface area contributed by atoms with Crippen molar-refractivity contribution in [2.45, 2.75) is 32.1 Å². The van der Waals surface area contributed by atoms with Crippen molar-refractivity contribution in [1.82, 2.24) is 9.97 Å². The molecule has 1 heterocycles. The van der Waals surface area contributed by atoms with Crippen LogP contribution in [-0.4, -0.2) is 9.97 Å². The van der Waals surface area contributed by atoms with Crippen molar-refractivity contribution in [3.63, 3.8) is 0 Å². The average molecular weight is 334 g/mol. The molecule has 0 saturated heterocycles. The van der Waals surface area contributed by atoms with Gasteiger partial charge in [-0.15, -0.1) is 0 Å². The highest BCUT2D eigenvalue weighted by Crippen LogP contribution is 2.34. The molecule has 3 rings (SSSR count). The van der Waals surface area contributed by atoms with Crippen LogP contribution in [0.1, 0.15) is 30.5 Å². The highest BCUT2D eigenvalue weighted by molar-refractivity contribution is 9.10. The topological polar surface area (TPSA) is 61.0 Å². The summed E-state index contributed by atoms with van der Waals surface area (Å²) in [5.41, 5.74) is 8.74. The lowest BCUT2D eigenvalue weighted by molar-refractivity contribution is 0.450. The first-order valence-corrected chi connectivity index (χ1v) is 7.59. The van der Waals surface area contributed by atoms with Gasteiger partial charge in [0, 0.05) is 17.3 Å². The Labute approximate surface area is 126 Å². The number of rotatable bonds is 2. The summed E-state index contributed by atoms with van der Waals surface area (Å²) in [6, 6.07) is 5.51. The lowest BCUT2D eigenvalue weighted by Gasteiger charge is -2.12. The molecule has 1 aliphatic carbocycles. The Morgan fingerprint density at radius 3 is 2.85 bits per heavy atom. The third-order valence-electron chi connectivity index (χ3n) is 3.50. The summed E-state index contributed by atoms with van der Waals surface area (Å²) < 4.78 is 6.83. The largest absolute Gasteiger partial charge is 0.437 e. The van der Waals surface area contributed by atoms with Crippen molar-refractivity contribution in [2.75, 3.05) is 5.73 Å². The van der Waals surface area contributed by atoms with E-state index in [0.29, 0.717) is 17.3 Å². The van der Waals surface area contributed by atoms with E-state index in [1.807, 2.05) is 12.1 Å². The molecule has 0 unspecified atom stereocenters. The quantitative estimate of drug-likeness (QED) is 0.669. The summed E-state index contributed by atoms with van der Waals surface area (Å²) in [7, 11) is 0. The Morgan fingerprint density at radius 1 is 1.10 bits per heavy atom. The van der Waals surface area contributed by atoms with E-state index in [-0.39, 0.29) is 0 Å². The van der Waals surface area contributed by atoms with E-state index in [4.69, 9.17) is 10.5 Å². The minimum absolute atomic E-state index is 0.656. The fourth-order valence-electron chi connectivity index (χ4n) is 2.46. The predicted molar refractivity (Wildman–Crippen MR) is 81.9 cm³/mol. The first-order chi connectivity index (χ1) is 9.74. The first-order valence-electron chi connectivity index (χ1n) is 6.79. The number of halogens is 1. The maximum Gasteiger partial charge on any atom is 0.225 e. The number of aromatic nitrogens is 2. The Hall–Kier alpha value is -1.62. The van der Waals surface area contributed by atoms with Crippen LogP contribution >= 0.6 is 15.9 Å². The third kappa shape index (κ3) is 2.77. The summed E-state index contributed by atoms with van der Waals surface area (Å²) in [5.74, 6) is 1.35. The number of nitrogens with two attached hydrogens (primary N) is 1.